The number of anilines is 2. The third-order valence-corrected chi connectivity index (χ3v) is 8.34. The summed E-state index contributed by atoms with van der Waals surface area (Å²) in [4.78, 5) is 20.1. The summed E-state index contributed by atoms with van der Waals surface area (Å²) in [6, 6.07) is 13.0. The van der Waals surface area contributed by atoms with Crippen LogP contribution in [0.5, 0.6) is 0 Å². The van der Waals surface area contributed by atoms with Crippen molar-refractivity contribution in [2.24, 2.45) is 0 Å². The first-order valence-corrected chi connectivity index (χ1v) is 13.4. The minimum Gasteiger partial charge on any atom is -0.376 e. The number of fused-ring (bicyclic) bond motifs is 2. The van der Waals surface area contributed by atoms with Gasteiger partial charge < -0.3 is 4.74 Å². The fourth-order valence-corrected chi connectivity index (χ4v) is 6.85. The van der Waals surface area contributed by atoms with Crippen LogP contribution in [0.1, 0.15) is 35.7 Å². The van der Waals surface area contributed by atoms with Crippen molar-refractivity contribution < 1.29 is 17.9 Å². The molecular weight excluding hydrogens is 446 g/mol. The van der Waals surface area contributed by atoms with Crippen molar-refractivity contribution in [2.45, 2.75) is 38.3 Å². The number of hydrogen-bond donors (Lipinski definition) is 0. The summed E-state index contributed by atoms with van der Waals surface area (Å²) < 4.78 is 32.7. The number of carbonyl (C=O) groups excluding carboxylic acids is 1. The van der Waals surface area contributed by atoms with Crippen molar-refractivity contribution in [3.05, 3.63) is 53.6 Å². The van der Waals surface area contributed by atoms with Crippen LogP contribution in [0.4, 0.5) is 10.8 Å². The Morgan fingerprint density at radius 1 is 1.28 bits per heavy atom. The maximum atomic E-state index is 13.7. The van der Waals surface area contributed by atoms with Crippen molar-refractivity contribution in [3.63, 3.8) is 0 Å². The first-order chi connectivity index (χ1) is 15.3. The van der Waals surface area contributed by atoms with Crippen LogP contribution in [-0.2, 0) is 21.2 Å². The summed E-state index contributed by atoms with van der Waals surface area (Å²) in [5.74, 6) is -0.146. The van der Waals surface area contributed by atoms with Gasteiger partial charge in [-0.1, -0.05) is 23.5 Å². The summed E-state index contributed by atoms with van der Waals surface area (Å²) in [6.45, 7) is 3.04. The lowest BCUT2D eigenvalue weighted by molar-refractivity contribution is 0.0917. The van der Waals surface area contributed by atoms with E-state index >= 15 is 0 Å². The SMILES string of the molecule is CC1Cc2cc(C(=O)N(CC3CCCO3)c3nc4ccccc4s3)ccc2N1S(C)(=O)=O. The zero-order valence-corrected chi connectivity index (χ0v) is 19.7. The zero-order chi connectivity index (χ0) is 22.5. The van der Waals surface area contributed by atoms with Crippen molar-refractivity contribution >= 4 is 48.3 Å². The Kier molecular flexibility index (Phi) is 5.43. The van der Waals surface area contributed by atoms with Crippen LogP contribution >= 0.6 is 11.3 Å². The minimum absolute atomic E-state index is 0.0128. The predicted molar refractivity (Wildman–Crippen MR) is 127 cm³/mol. The Hall–Kier alpha value is -2.49. The number of hydrogen-bond acceptors (Lipinski definition) is 6. The maximum Gasteiger partial charge on any atom is 0.260 e. The van der Waals surface area contributed by atoms with Gasteiger partial charge in [0.05, 0.1) is 34.8 Å². The highest BCUT2D eigenvalue weighted by atomic mass is 32.2. The molecule has 7 nitrogen and oxygen atoms in total. The first-order valence-electron chi connectivity index (χ1n) is 10.7. The van der Waals surface area contributed by atoms with Gasteiger partial charge in [0, 0.05) is 18.2 Å². The molecule has 168 valence electrons. The fourth-order valence-electron chi connectivity index (χ4n) is 4.61. The number of benzene rings is 2. The number of para-hydroxylation sites is 1. The number of carbonyl (C=O) groups is 1. The van der Waals surface area contributed by atoms with Crippen LogP contribution in [0.15, 0.2) is 42.5 Å². The number of nitrogens with zero attached hydrogens (tertiary/aromatic N) is 3. The molecule has 3 aromatic rings. The first kappa shape index (κ1) is 21.4. The van der Waals surface area contributed by atoms with Gasteiger partial charge >= 0.3 is 0 Å². The lowest BCUT2D eigenvalue weighted by Crippen LogP contribution is -2.37. The number of ether oxygens (including phenoxy) is 1. The molecule has 1 saturated heterocycles. The van der Waals surface area contributed by atoms with E-state index in [9.17, 15) is 13.2 Å². The minimum atomic E-state index is -3.37. The van der Waals surface area contributed by atoms with Gasteiger partial charge in [0.1, 0.15) is 0 Å². The molecule has 2 unspecified atom stereocenters. The molecule has 0 saturated carbocycles. The molecular formula is C23H25N3O4S2. The van der Waals surface area contributed by atoms with Gasteiger partial charge in [-0.05, 0) is 62.1 Å². The molecule has 0 radical (unpaired) electrons. The van der Waals surface area contributed by atoms with Gasteiger partial charge in [0.25, 0.3) is 5.91 Å². The van der Waals surface area contributed by atoms with Gasteiger partial charge in [-0.25, -0.2) is 13.4 Å². The van der Waals surface area contributed by atoms with E-state index < -0.39 is 10.0 Å². The van der Waals surface area contributed by atoms with Crippen LogP contribution < -0.4 is 9.21 Å². The summed E-state index contributed by atoms with van der Waals surface area (Å²) in [5.41, 5.74) is 2.92. The van der Waals surface area contributed by atoms with Crippen molar-refractivity contribution in [1.29, 1.82) is 0 Å². The Morgan fingerprint density at radius 2 is 2.09 bits per heavy atom. The van der Waals surface area contributed by atoms with E-state index in [1.807, 2.05) is 37.3 Å². The van der Waals surface area contributed by atoms with E-state index in [2.05, 4.69) is 0 Å². The largest absolute Gasteiger partial charge is 0.376 e. The zero-order valence-electron chi connectivity index (χ0n) is 18.0. The normalized spacial score (nSPS) is 20.6. The van der Waals surface area contributed by atoms with E-state index in [1.54, 1.807) is 17.0 Å². The van der Waals surface area contributed by atoms with E-state index in [1.165, 1.54) is 21.9 Å². The molecule has 0 spiro atoms. The number of thiazole rings is 1. The van der Waals surface area contributed by atoms with Gasteiger partial charge in [-0.15, -0.1) is 0 Å². The molecule has 0 aliphatic carbocycles. The summed E-state index contributed by atoms with van der Waals surface area (Å²) >= 11 is 1.49. The Bertz CT molecular complexity index is 1250. The molecule has 0 bridgehead atoms. The average Bonchev–Trinajstić information content (AvgIpc) is 3.47. The smallest absolute Gasteiger partial charge is 0.260 e. The van der Waals surface area contributed by atoms with Gasteiger partial charge in [-0.2, -0.15) is 0 Å². The third kappa shape index (κ3) is 3.89. The molecule has 1 aromatic heterocycles. The van der Waals surface area contributed by atoms with E-state index in [0.29, 0.717) is 36.0 Å². The number of amides is 1. The summed E-state index contributed by atoms with van der Waals surface area (Å²) in [7, 11) is -3.37. The van der Waals surface area contributed by atoms with Crippen LogP contribution in [0, 0.1) is 0 Å². The molecule has 3 heterocycles. The van der Waals surface area contributed by atoms with Crippen LogP contribution in [0.2, 0.25) is 0 Å². The second-order valence-electron chi connectivity index (χ2n) is 8.47. The molecule has 2 aromatic carbocycles. The second-order valence-corrected chi connectivity index (χ2v) is 11.3. The second kappa shape index (κ2) is 8.13. The molecule has 2 aliphatic rings. The van der Waals surface area contributed by atoms with Crippen molar-refractivity contribution in [1.82, 2.24) is 4.98 Å². The quantitative estimate of drug-likeness (QED) is 0.565. The Balaban J connectivity index is 1.51. The molecule has 2 aliphatic heterocycles. The monoisotopic (exact) mass is 471 g/mol. The molecule has 2 atom stereocenters. The van der Waals surface area contributed by atoms with Gasteiger partial charge in [0.2, 0.25) is 10.0 Å². The predicted octanol–water partition coefficient (Wildman–Crippen LogP) is 3.83. The molecule has 5 rings (SSSR count). The molecule has 9 heteroatoms. The summed E-state index contributed by atoms with van der Waals surface area (Å²) in [6.07, 6.45) is 3.69. The average molecular weight is 472 g/mol. The highest BCUT2D eigenvalue weighted by Crippen LogP contribution is 2.36. The molecule has 0 N–H and O–H groups in total. The molecule has 1 fully saturated rings. The standard InChI is InChI=1S/C23H25N3O4S2/c1-15-12-17-13-16(9-10-20(17)26(15)32(2,28)29)22(27)25(14-18-6-5-11-30-18)23-24-19-7-3-4-8-21(19)31-23/h3-4,7-10,13,15,18H,5-6,11-12,14H2,1-2H3. The van der Waals surface area contributed by atoms with E-state index in [4.69, 9.17) is 9.72 Å². The number of rotatable bonds is 5. The lowest BCUT2D eigenvalue weighted by atomic mass is 10.1. The maximum absolute atomic E-state index is 13.7. The Morgan fingerprint density at radius 3 is 2.81 bits per heavy atom. The Labute approximate surface area is 191 Å². The lowest BCUT2D eigenvalue weighted by Gasteiger charge is -2.24. The molecule has 32 heavy (non-hydrogen) atoms. The van der Waals surface area contributed by atoms with Crippen LogP contribution in [-0.4, -0.2) is 50.9 Å². The van der Waals surface area contributed by atoms with Crippen molar-refractivity contribution in [2.75, 3.05) is 28.6 Å². The number of aromatic nitrogens is 1. The van der Waals surface area contributed by atoms with Crippen LogP contribution in [0.25, 0.3) is 10.2 Å². The molecule has 1 amide bonds. The fraction of sp³-hybridized carbons (Fsp3) is 0.391. The highest BCUT2D eigenvalue weighted by Gasteiger charge is 2.34. The highest BCUT2D eigenvalue weighted by molar-refractivity contribution is 7.92. The van der Waals surface area contributed by atoms with Crippen LogP contribution in [0.3, 0.4) is 0 Å². The third-order valence-electron chi connectivity index (χ3n) is 6.01. The van der Waals surface area contributed by atoms with Crippen molar-refractivity contribution in [3.8, 4) is 0 Å². The van der Waals surface area contributed by atoms with E-state index in [-0.39, 0.29) is 18.1 Å². The van der Waals surface area contributed by atoms with Gasteiger partial charge in [-0.3, -0.25) is 14.0 Å². The van der Waals surface area contributed by atoms with E-state index in [0.717, 1.165) is 28.6 Å². The number of sulfonamides is 1. The van der Waals surface area contributed by atoms with Gasteiger partial charge in [0.15, 0.2) is 5.13 Å². The topological polar surface area (TPSA) is 79.8 Å². The summed E-state index contributed by atoms with van der Waals surface area (Å²) in [5, 5.41) is 0.651.